The fourth-order valence-corrected chi connectivity index (χ4v) is 2.33. The maximum Gasteiger partial charge on any atom is 0.311 e. The van der Waals surface area contributed by atoms with E-state index in [9.17, 15) is 30.0 Å². The summed E-state index contributed by atoms with van der Waals surface area (Å²) in [6.07, 6.45) is 1.80. The third-order valence-corrected chi connectivity index (χ3v) is 3.48. The summed E-state index contributed by atoms with van der Waals surface area (Å²) in [6, 6.07) is 7.10. The van der Waals surface area contributed by atoms with Crippen LogP contribution in [0.4, 0.5) is 0 Å². The van der Waals surface area contributed by atoms with Gasteiger partial charge in [0.2, 0.25) is 0 Å². The predicted octanol–water partition coefficient (Wildman–Crippen LogP) is 2.97. The number of benzene rings is 2. The van der Waals surface area contributed by atoms with E-state index in [1.54, 1.807) is 0 Å². The molecule has 0 radical (unpaired) electrons. The van der Waals surface area contributed by atoms with Crippen molar-refractivity contribution in [2.45, 2.75) is 32.1 Å². The van der Waals surface area contributed by atoms with E-state index >= 15 is 0 Å². The number of esters is 2. The van der Waals surface area contributed by atoms with E-state index in [0.717, 1.165) is 12.1 Å². The first-order chi connectivity index (χ1) is 12.8. The van der Waals surface area contributed by atoms with E-state index in [1.165, 1.54) is 24.3 Å². The zero-order valence-electron chi connectivity index (χ0n) is 14.4. The molecule has 0 aliphatic rings. The van der Waals surface area contributed by atoms with Crippen molar-refractivity contribution < 1.29 is 39.5 Å². The maximum absolute atomic E-state index is 11.7. The van der Waals surface area contributed by atoms with Crippen LogP contribution >= 0.6 is 0 Å². The molecule has 0 atom stereocenters. The summed E-state index contributed by atoms with van der Waals surface area (Å²) in [5.41, 5.74) is 0. The van der Waals surface area contributed by atoms with Crippen LogP contribution in [0, 0.1) is 0 Å². The number of phenolic OH excluding ortho intramolecular Hbond substituents is 4. The molecule has 27 heavy (non-hydrogen) atoms. The lowest BCUT2D eigenvalue weighted by atomic mass is 10.1. The minimum absolute atomic E-state index is 0.0513. The predicted molar refractivity (Wildman–Crippen MR) is 93.9 cm³/mol. The molecule has 8 heteroatoms. The number of ether oxygens (including phenoxy) is 2. The molecule has 0 aliphatic heterocycles. The molecule has 2 aromatic rings. The monoisotopic (exact) mass is 376 g/mol. The average Bonchev–Trinajstić information content (AvgIpc) is 2.52. The van der Waals surface area contributed by atoms with Crippen molar-refractivity contribution >= 4 is 11.9 Å². The van der Waals surface area contributed by atoms with Crippen LogP contribution in [0.2, 0.25) is 0 Å². The van der Waals surface area contributed by atoms with Crippen LogP contribution in [0.3, 0.4) is 0 Å². The summed E-state index contributed by atoms with van der Waals surface area (Å²) in [7, 11) is 0. The number of aromatic hydroxyl groups is 4. The normalized spacial score (nSPS) is 10.4. The van der Waals surface area contributed by atoms with E-state index in [4.69, 9.17) is 9.47 Å². The summed E-state index contributed by atoms with van der Waals surface area (Å²) < 4.78 is 10.0. The Morgan fingerprint density at radius 1 is 0.593 bits per heavy atom. The second-order valence-corrected chi connectivity index (χ2v) is 5.88. The first-order valence-corrected chi connectivity index (χ1v) is 8.29. The molecule has 0 aromatic heterocycles. The largest absolute Gasteiger partial charge is 0.508 e. The van der Waals surface area contributed by atoms with Gasteiger partial charge in [-0.1, -0.05) is 6.42 Å². The van der Waals surface area contributed by atoms with Crippen molar-refractivity contribution in [2.24, 2.45) is 0 Å². The maximum atomic E-state index is 11.7. The van der Waals surface area contributed by atoms with Gasteiger partial charge >= 0.3 is 11.9 Å². The highest BCUT2D eigenvalue weighted by molar-refractivity contribution is 5.73. The molecular weight excluding hydrogens is 356 g/mol. The number of phenols is 4. The van der Waals surface area contributed by atoms with Crippen molar-refractivity contribution in [1.29, 1.82) is 0 Å². The first-order valence-electron chi connectivity index (χ1n) is 8.29. The van der Waals surface area contributed by atoms with Gasteiger partial charge in [0.05, 0.1) is 0 Å². The van der Waals surface area contributed by atoms with Crippen LogP contribution < -0.4 is 9.47 Å². The van der Waals surface area contributed by atoms with Gasteiger partial charge in [-0.15, -0.1) is 0 Å². The first kappa shape index (κ1) is 19.9. The molecule has 4 N–H and O–H groups in total. The number of hydrogen-bond acceptors (Lipinski definition) is 8. The lowest BCUT2D eigenvalue weighted by Gasteiger charge is -2.06. The highest BCUT2D eigenvalue weighted by atomic mass is 16.5. The Kier molecular flexibility index (Phi) is 6.87. The van der Waals surface area contributed by atoms with Gasteiger partial charge in [0, 0.05) is 49.2 Å². The molecule has 144 valence electrons. The molecule has 0 unspecified atom stereocenters. The average molecular weight is 376 g/mol. The summed E-state index contributed by atoms with van der Waals surface area (Å²) in [5, 5.41) is 37.3. The Balaban J connectivity index is 1.64. The molecule has 0 spiro atoms. The molecule has 2 aromatic carbocycles. The summed E-state index contributed by atoms with van der Waals surface area (Å²) in [6.45, 7) is 0. The minimum atomic E-state index is -0.516. The minimum Gasteiger partial charge on any atom is -0.508 e. The zero-order chi connectivity index (χ0) is 19.8. The second-order valence-electron chi connectivity index (χ2n) is 5.88. The van der Waals surface area contributed by atoms with E-state index in [1.807, 2.05) is 0 Å². The molecule has 0 aliphatic carbocycles. The Bertz CT molecular complexity index is 707. The quantitative estimate of drug-likeness (QED) is 0.314. The fraction of sp³-hybridized carbons (Fsp3) is 0.263. The van der Waals surface area contributed by atoms with Crippen molar-refractivity contribution in [3.8, 4) is 34.5 Å². The van der Waals surface area contributed by atoms with Gasteiger partial charge in [0.25, 0.3) is 0 Å². The Morgan fingerprint density at radius 3 is 1.26 bits per heavy atom. The number of rotatable bonds is 8. The molecule has 8 nitrogen and oxygen atoms in total. The third kappa shape index (κ3) is 7.15. The number of carbonyl (C=O) groups excluding carboxylic acids is 2. The molecule has 0 amide bonds. The van der Waals surface area contributed by atoms with Crippen molar-refractivity contribution in [1.82, 2.24) is 0 Å². The molecule has 2 rings (SSSR count). The lowest BCUT2D eigenvalue weighted by Crippen LogP contribution is -2.09. The number of unbranched alkanes of at least 4 members (excludes halogenated alkanes) is 2. The van der Waals surface area contributed by atoms with Gasteiger partial charge in [-0.3, -0.25) is 9.59 Å². The van der Waals surface area contributed by atoms with Gasteiger partial charge in [0.15, 0.2) is 0 Å². The molecule has 0 bridgehead atoms. The standard InChI is InChI=1S/C19H20O8/c20-12-6-13(21)9-16(8-12)26-18(24)4-2-1-3-5-19(25)27-17-10-14(22)7-15(23)11-17/h6-11,20-23H,1-5H2. The van der Waals surface area contributed by atoms with Crippen LogP contribution in [0.1, 0.15) is 32.1 Å². The van der Waals surface area contributed by atoms with Crippen molar-refractivity contribution in [3.05, 3.63) is 36.4 Å². The van der Waals surface area contributed by atoms with E-state index in [0.29, 0.717) is 19.3 Å². The molecule has 0 saturated heterocycles. The molecule has 0 saturated carbocycles. The lowest BCUT2D eigenvalue weighted by molar-refractivity contribution is -0.134. The Hall–Kier alpha value is -3.42. The molecule has 0 heterocycles. The SMILES string of the molecule is O=C(CCCCCC(=O)Oc1cc(O)cc(O)c1)Oc1cc(O)cc(O)c1. The van der Waals surface area contributed by atoms with E-state index < -0.39 is 11.9 Å². The Labute approximate surface area is 155 Å². The Morgan fingerprint density at radius 2 is 0.926 bits per heavy atom. The van der Waals surface area contributed by atoms with Crippen LogP contribution in [0.15, 0.2) is 36.4 Å². The smallest absolute Gasteiger partial charge is 0.311 e. The molecule has 0 fully saturated rings. The van der Waals surface area contributed by atoms with Crippen LogP contribution in [-0.4, -0.2) is 32.4 Å². The fourth-order valence-electron chi connectivity index (χ4n) is 2.33. The van der Waals surface area contributed by atoms with Crippen LogP contribution in [0.25, 0.3) is 0 Å². The van der Waals surface area contributed by atoms with Gasteiger partial charge in [-0.2, -0.15) is 0 Å². The van der Waals surface area contributed by atoms with Crippen molar-refractivity contribution in [3.63, 3.8) is 0 Å². The summed E-state index contributed by atoms with van der Waals surface area (Å²) in [5.74, 6) is -1.78. The van der Waals surface area contributed by atoms with E-state index in [2.05, 4.69) is 0 Å². The van der Waals surface area contributed by atoms with Crippen LogP contribution in [0.5, 0.6) is 34.5 Å². The number of carbonyl (C=O) groups is 2. The van der Waals surface area contributed by atoms with E-state index in [-0.39, 0.29) is 47.3 Å². The number of hydrogen-bond donors (Lipinski definition) is 4. The van der Waals surface area contributed by atoms with Crippen LogP contribution in [-0.2, 0) is 9.59 Å². The van der Waals surface area contributed by atoms with Gasteiger partial charge in [-0.05, 0) is 12.8 Å². The van der Waals surface area contributed by atoms with Crippen molar-refractivity contribution in [2.75, 3.05) is 0 Å². The highest BCUT2D eigenvalue weighted by Gasteiger charge is 2.09. The topological polar surface area (TPSA) is 134 Å². The third-order valence-electron chi connectivity index (χ3n) is 3.48. The van der Waals surface area contributed by atoms with Gasteiger partial charge in [-0.25, -0.2) is 0 Å². The summed E-state index contributed by atoms with van der Waals surface area (Å²) in [4.78, 5) is 23.4. The summed E-state index contributed by atoms with van der Waals surface area (Å²) >= 11 is 0. The highest BCUT2D eigenvalue weighted by Crippen LogP contribution is 2.27. The van der Waals surface area contributed by atoms with Gasteiger partial charge in [0.1, 0.15) is 34.5 Å². The second kappa shape index (κ2) is 9.33. The molecular formula is C19H20O8. The van der Waals surface area contributed by atoms with Gasteiger partial charge < -0.3 is 29.9 Å². The zero-order valence-corrected chi connectivity index (χ0v) is 14.4.